The van der Waals surface area contributed by atoms with Gasteiger partial charge in [-0.05, 0) is 44.9 Å². The van der Waals surface area contributed by atoms with E-state index in [9.17, 15) is 0 Å². The van der Waals surface area contributed by atoms with Gasteiger partial charge in [-0.2, -0.15) is 0 Å². The third kappa shape index (κ3) is 2.80. The summed E-state index contributed by atoms with van der Waals surface area (Å²) < 4.78 is 9.46. The van der Waals surface area contributed by atoms with E-state index in [0.717, 1.165) is 53.2 Å². The summed E-state index contributed by atoms with van der Waals surface area (Å²) in [5, 5.41) is 8.00. The first-order chi connectivity index (χ1) is 13.6. The minimum absolute atomic E-state index is 0.362. The maximum absolute atomic E-state index is 5.61. The molecule has 0 aliphatic heterocycles. The number of hydrogen-bond acceptors (Lipinski definition) is 6. The number of pyridine rings is 1. The Labute approximate surface area is 162 Å². The lowest BCUT2D eigenvalue weighted by Gasteiger charge is -2.35. The van der Waals surface area contributed by atoms with Crippen LogP contribution in [0.4, 0.5) is 5.95 Å². The van der Waals surface area contributed by atoms with E-state index in [4.69, 9.17) is 9.72 Å². The number of rotatable bonds is 5. The van der Waals surface area contributed by atoms with Crippen LogP contribution < -0.4 is 5.32 Å². The van der Waals surface area contributed by atoms with Crippen molar-refractivity contribution in [1.29, 1.82) is 0 Å². The minimum atomic E-state index is 0.362. The first-order valence-corrected chi connectivity index (χ1v) is 9.65. The average molecular weight is 377 g/mol. The van der Waals surface area contributed by atoms with Crippen molar-refractivity contribution >= 4 is 22.6 Å². The van der Waals surface area contributed by atoms with Crippen molar-refractivity contribution < 1.29 is 4.74 Å². The molecular weight excluding hydrogens is 354 g/mol. The Kier molecular flexibility index (Phi) is 4.01. The molecule has 0 bridgehead atoms. The summed E-state index contributed by atoms with van der Waals surface area (Å²) in [4.78, 5) is 13.8. The molecule has 1 aliphatic carbocycles. The smallest absolute Gasteiger partial charge is 0.241 e. The fraction of sp³-hybridized carbons (Fsp3) is 0.400. The van der Waals surface area contributed by atoms with Gasteiger partial charge in [0.25, 0.3) is 0 Å². The lowest BCUT2D eigenvalue weighted by molar-refractivity contribution is 0.00283. The number of imidazole rings is 1. The van der Waals surface area contributed by atoms with Crippen LogP contribution in [0.1, 0.15) is 25.6 Å². The SMILES string of the molecule is CCO[C@H]1C[C@@H](Nc2ncc3c(-c4ccc5nc(C)n(C)c5n4)ccn3n2)C1. The predicted molar refractivity (Wildman–Crippen MR) is 107 cm³/mol. The molecule has 1 aliphatic rings. The monoisotopic (exact) mass is 377 g/mol. The number of ether oxygens (including phenoxy) is 1. The number of nitrogens with zero attached hydrogens (tertiary/aromatic N) is 6. The van der Waals surface area contributed by atoms with E-state index >= 15 is 0 Å². The normalized spacial score (nSPS) is 19.2. The van der Waals surface area contributed by atoms with Gasteiger partial charge in [0.15, 0.2) is 5.65 Å². The Balaban J connectivity index is 1.42. The molecule has 1 N–H and O–H groups in total. The molecule has 4 heterocycles. The predicted octanol–water partition coefficient (Wildman–Crippen LogP) is 2.97. The summed E-state index contributed by atoms with van der Waals surface area (Å²) in [5.74, 6) is 1.59. The fourth-order valence-corrected chi connectivity index (χ4v) is 3.75. The van der Waals surface area contributed by atoms with E-state index in [1.165, 1.54) is 0 Å². The molecule has 0 aromatic carbocycles. The van der Waals surface area contributed by atoms with E-state index in [0.29, 0.717) is 18.1 Å². The minimum Gasteiger partial charge on any atom is -0.378 e. The largest absolute Gasteiger partial charge is 0.378 e. The van der Waals surface area contributed by atoms with Crippen LogP contribution in [0.3, 0.4) is 0 Å². The molecule has 8 nitrogen and oxygen atoms in total. The summed E-state index contributed by atoms with van der Waals surface area (Å²) >= 11 is 0. The standard InChI is InChI=1S/C20H23N7O/c1-4-28-14-9-13(10-14)23-20-21-11-18-15(7-8-27(18)25-20)16-5-6-17-19(24-16)26(3)12(2)22-17/h5-8,11,13-14H,4,9-10H2,1-3H3,(H,23,25)/t13-,14+. The van der Waals surface area contributed by atoms with Crippen LogP contribution in [0.5, 0.6) is 0 Å². The highest BCUT2D eigenvalue weighted by molar-refractivity contribution is 5.82. The van der Waals surface area contributed by atoms with E-state index < -0.39 is 0 Å². The van der Waals surface area contributed by atoms with Crippen LogP contribution in [0.15, 0.2) is 30.6 Å². The van der Waals surface area contributed by atoms with Gasteiger partial charge in [-0.25, -0.2) is 19.5 Å². The highest BCUT2D eigenvalue weighted by Gasteiger charge is 2.30. The van der Waals surface area contributed by atoms with Crippen molar-refractivity contribution in [2.24, 2.45) is 7.05 Å². The maximum atomic E-state index is 5.61. The number of nitrogens with one attached hydrogen (secondary N) is 1. The molecule has 4 aromatic rings. The van der Waals surface area contributed by atoms with Gasteiger partial charge in [0.1, 0.15) is 11.3 Å². The second kappa shape index (κ2) is 6.56. The van der Waals surface area contributed by atoms with Crippen molar-refractivity contribution in [2.45, 2.75) is 38.8 Å². The fourth-order valence-electron chi connectivity index (χ4n) is 3.75. The lowest BCUT2D eigenvalue weighted by Crippen LogP contribution is -2.41. The molecule has 1 fully saturated rings. The van der Waals surface area contributed by atoms with Crippen molar-refractivity contribution in [1.82, 2.24) is 29.1 Å². The van der Waals surface area contributed by atoms with Crippen LogP contribution in [0.2, 0.25) is 0 Å². The Hall–Kier alpha value is -3.00. The van der Waals surface area contributed by atoms with Gasteiger partial charge in [0.2, 0.25) is 5.95 Å². The first kappa shape index (κ1) is 17.1. The molecule has 0 saturated heterocycles. The van der Waals surface area contributed by atoms with E-state index in [1.807, 2.05) is 60.6 Å². The summed E-state index contributed by atoms with van der Waals surface area (Å²) in [6, 6.07) is 6.41. The van der Waals surface area contributed by atoms with Crippen LogP contribution in [-0.4, -0.2) is 47.9 Å². The van der Waals surface area contributed by atoms with Crippen LogP contribution in [0, 0.1) is 6.92 Å². The molecule has 1 saturated carbocycles. The van der Waals surface area contributed by atoms with Gasteiger partial charge in [0, 0.05) is 31.5 Å². The van der Waals surface area contributed by atoms with E-state index in [1.54, 1.807) is 0 Å². The van der Waals surface area contributed by atoms with Gasteiger partial charge < -0.3 is 14.6 Å². The molecule has 0 spiro atoms. The second-order valence-electron chi connectivity index (χ2n) is 7.29. The molecule has 0 amide bonds. The third-order valence-electron chi connectivity index (χ3n) is 5.46. The number of aromatic nitrogens is 6. The highest BCUT2D eigenvalue weighted by Crippen LogP contribution is 2.28. The molecule has 4 aromatic heterocycles. The zero-order valence-electron chi connectivity index (χ0n) is 16.3. The number of aryl methyl sites for hydroxylation is 2. The molecular formula is C20H23N7O. The lowest BCUT2D eigenvalue weighted by atomic mass is 9.89. The molecule has 5 rings (SSSR count). The van der Waals surface area contributed by atoms with E-state index in [2.05, 4.69) is 20.4 Å². The Morgan fingerprint density at radius 2 is 2.07 bits per heavy atom. The van der Waals surface area contributed by atoms with Crippen LogP contribution in [-0.2, 0) is 11.8 Å². The maximum Gasteiger partial charge on any atom is 0.241 e. The van der Waals surface area contributed by atoms with Gasteiger partial charge in [-0.1, -0.05) is 0 Å². The Morgan fingerprint density at radius 1 is 1.21 bits per heavy atom. The van der Waals surface area contributed by atoms with Crippen molar-refractivity contribution in [3.63, 3.8) is 0 Å². The number of anilines is 1. The zero-order valence-corrected chi connectivity index (χ0v) is 16.3. The summed E-state index contributed by atoms with van der Waals surface area (Å²) in [5.41, 5.74) is 4.61. The molecule has 0 unspecified atom stereocenters. The van der Waals surface area contributed by atoms with Gasteiger partial charge in [-0.15, -0.1) is 5.10 Å². The summed E-state index contributed by atoms with van der Waals surface area (Å²) in [6.07, 6.45) is 6.16. The van der Waals surface area contributed by atoms with Gasteiger partial charge in [0.05, 0.1) is 23.5 Å². The van der Waals surface area contributed by atoms with Gasteiger partial charge in [-0.3, -0.25) is 0 Å². The molecule has 28 heavy (non-hydrogen) atoms. The summed E-state index contributed by atoms with van der Waals surface area (Å²) in [7, 11) is 1.98. The van der Waals surface area contributed by atoms with Crippen LogP contribution >= 0.6 is 0 Å². The highest BCUT2D eigenvalue weighted by atomic mass is 16.5. The summed E-state index contributed by atoms with van der Waals surface area (Å²) in [6.45, 7) is 4.78. The van der Waals surface area contributed by atoms with Crippen molar-refractivity contribution in [3.8, 4) is 11.3 Å². The quantitative estimate of drug-likeness (QED) is 0.576. The topological polar surface area (TPSA) is 82.2 Å². The van der Waals surface area contributed by atoms with Gasteiger partial charge >= 0.3 is 0 Å². The van der Waals surface area contributed by atoms with E-state index in [-0.39, 0.29) is 0 Å². The third-order valence-corrected chi connectivity index (χ3v) is 5.46. The van der Waals surface area contributed by atoms with Crippen molar-refractivity contribution in [2.75, 3.05) is 11.9 Å². The molecule has 0 radical (unpaired) electrons. The second-order valence-corrected chi connectivity index (χ2v) is 7.29. The Bertz CT molecular complexity index is 1160. The number of hydrogen-bond donors (Lipinski definition) is 1. The molecule has 8 heteroatoms. The molecule has 0 atom stereocenters. The van der Waals surface area contributed by atoms with Crippen molar-refractivity contribution in [3.05, 3.63) is 36.4 Å². The molecule has 144 valence electrons. The average Bonchev–Trinajstić information content (AvgIpc) is 3.21. The zero-order chi connectivity index (χ0) is 19.3. The first-order valence-electron chi connectivity index (χ1n) is 9.65. The number of fused-ring (bicyclic) bond motifs is 2. The Morgan fingerprint density at radius 3 is 2.89 bits per heavy atom. The van der Waals surface area contributed by atoms with Crippen LogP contribution in [0.25, 0.3) is 27.9 Å².